The molecule has 162 valence electrons. The SMILES string of the molecule is O=C(O)Cc1c(-c2ccc(Cl)c(S(=O)(=O)NC=Cc3ccccc3)c2)[nH]c2ccccc12. The number of carboxylic acid groups (broad SMARTS) is 1. The Bertz CT molecular complexity index is 1430. The second-order valence-electron chi connectivity index (χ2n) is 7.11. The van der Waals surface area contributed by atoms with Crippen LogP contribution in [0.4, 0.5) is 0 Å². The van der Waals surface area contributed by atoms with Crippen LogP contribution in [0.15, 0.2) is 83.9 Å². The third-order valence-electron chi connectivity index (χ3n) is 4.95. The summed E-state index contributed by atoms with van der Waals surface area (Å²) < 4.78 is 28.2. The first kappa shape index (κ1) is 21.7. The van der Waals surface area contributed by atoms with Crippen molar-refractivity contribution >= 4 is 44.6 Å². The molecule has 0 unspecified atom stereocenters. The molecular formula is C24H19ClN2O4S. The van der Waals surface area contributed by atoms with Crippen LogP contribution in [-0.2, 0) is 21.2 Å². The Morgan fingerprint density at radius 2 is 1.75 bits per heavy atom. The first-order valence-electron chi connectivity index (χ1n) is 9.70. The average molecular weight is 467 g/mol. The minimum atomic E-state index is -3.96. The maximum atomic E-state index is 12.9. The summed E-state index contributed by atoms with van der Waals surface area (Å²) in [6, 6.07) is 21.2. The maximum absolute atomic E-state index is 12.9. The second-order valence-corrected chi connectivity index (χ2v) is 9.19. The van der Waals surface area contributed by atoms with E-state index in [0.29, 0.717) is 16.8 Å². The van der Waals surface area contributed by atoms with Crippen LogP contribution < -0.4 is 4.72 Å². The molecule has 1 aromatic heterocycles. The van der Waals surface area contributed by atoms with Crippen LogP contribution in [0.2, 0.25) is 5.02 Å². The largest absolute Gasteiger partial charge is 0.481 e. The van der Waals surface area contributed by atoms with Gasteiger partial charge in [-0.2, -0.15) is 0 Å². The topological polar surface area (TPSA) is 99.3 Å². The molecule has 8 heteroatoms. The van der Waals surface area contributed by atoms with Crippen LogP contribution >= 0.6 is 11.6 Å². The molecule has 0 saturated carbocycles. The van der Waals surface area contributed by atoms with Crippen molar-refractivity contribution in [2.75, 3.05) is 0 Å². The lowest BCUT2D eigenvalue weighted by atomic mass is 10.0. The van der Waals surface area contributed by atoms with Gasteiger partial charge in [-0.05, 0) is 41.0 Å². The Morgan fingerprint density at radius 3 is 2.50 bits per heavy atom. The number of aliphatic carboxylic acids is 1. The van der Waals surface area contributed by atoms with Gasteiger partial charge in [0.25, 0.3) is 10.0 Å². The molecule has 0 saturated heterocycles. The second kappa shape index (κ2) is 8.90. The molecule has 32 heavy (non-hydrogen) atoms. The molecule has 0 aliphatic rings. The summed E-state index contributed by atoms with van der Waals surface area (Å²) in [6.45, 7) is 0. The van der Waals surface area contributed by atoms with Crippen LogP contribution in [0.1, 0.15) is 11.1 Å². The highest BCUT2D eigenvalue weighted by atomic mass is 35.5. The highest BCUT2D eigenvalue weighted by Gasteiger charge is 2.21. The molecule has 1 heterocycles. The number of aromatic nitrogens is 1. The van der Waals surface area contributed by atoms with Gasteiger partial charge in [0, 0.05) is 17.1 Å². The molecule has 0 amide bonds. The van der Waals surface area contributed by atoms with Gasteiger partial charge in [0.05, 0.1) is 17.1 Å². The first-order chi connectivity index (χ1) is 15.3. The highest BCUT2D eigenvalue weighted by molar-refractivity contribution is 7.89. The van der Waals surface area contributed by atoms with Crippen LogP contribution in [0.25, 0.3) is 28.2 Å². The standard InChI is InChI=1S/C24H19ClN2O4S/c25-20-11-10-17(24-19(15-23(28)29)18-8-4-5-9-21(18)27-24)14-22(20)32(30,31)26-13-12-16-6-2-1-3-7-16/h1-14,26-27H,15H2,(H,28,29). The fourth-order valence-electron chi connectivity index (χ4n) is 3.49. The number of hydrogen-bond acceptors (Lipinski definition) is 3. The van der Waals surface area contributed by atoms with Crippen molar-refractivity contribution in [2.45, 2.75) is 11.3 Å². The van der Waals surface area contributed by atoms with Gasteiger partial charge in [-0.25, -0.2) is 8.42 Å². The molecule has 4 rings (SSSR count). The van der Waals surface area contributed by atoms with Gasteiger partial charge < -0.3 is 10.1 Å². The zero-order valence-corrected chi connectivity index (χ0v) is 18.3. The molecule has 0 spiro atoms. The summed E-state index contributed by atoms with van der Waals surface area (Å²) in [5.41, 5.74) is 3.25. The van der Waals surface area contributed by atoms with Gasteiger partial charge in [-0.1, -0.05) is 66.2 Å². The van der Waals surface area contributed by atoms with Crippen LogP contribution in [0, 0.1) is 0 Å². The summed E-state index contributed by atoms with van der Waals surface area (Å²) in [4.78, 5) is 14.6. The van der Waals surface area contributed by atoms with E-state index in [2.05, 4.69) is 9.71 Å². The van der Waals surface area contributed by atoms with Crippen molar-refractivity contribution < 1.29 is 18.3 Å². The third kappa shape index (κ3) is 4.54. The Labute approximate surface area is 190 Å². The van der Waals surface area contributed by atoms with E-state index in [4.69, 9.17) is 11.6 Å². The van der Waals surface area contributed by atoms with Crippen LogP contribution in [0.3, 0.4) is 0 Å². The van der Waals surface area contributed by atoms with Gasteiger partial charge in [0.1, 0.15) is 4.90 Å². The van der Waals surface area contributed by atoms with E-state index in [1.165, 1.54) is 18.3 Å². The summed E-state index contributed by atoms with van der Waals surface area (Å²) in [5, 5.41) is 10.2. The first-order valence-corrected chi connectivity index (χ1v) is 11.6. The average Bonchev–Trinajstić information content (AvgIpc) is 3.12. The highest BCUT2D eigenvalue weighted by Crippen LogP contribution is 2.34. The Kier molecular flexibility index (Phi) is 6.03. The summed E-state index contributed by atoms with van der Waals surface area (Å²) in [7, 11) is -3.96. The molecule has 0 fully saturated rings. The number of rotatable bonds is 7. The lowest BCUT2D eigenvalue weighted by Gasteiger charge is -2.10. The summed E-state index contributed by atoms with van der Waals surface area (Å²) >= 11 is 6.22. The number of sulfonamides is 1. The van der Waals surface area contributed by atoms with Crippen molar-refractivity contribution in [3.8, 4) is 11.3 Å². The van der Waals surface area contributed by atoms with E-state index in [1.54, 1.807) is 12.1 Å². The van der Waals surface area contributed by atoms with Gasteiger partial charge in [0.2, 0.25) is 0 Å². The van der Waals surface area contributed by atoms with Crippen LogP contribution in [0.5, 0.6) is 0 Å². The maximum Gasteiger partial charge on any atom is 0.307 e. The molecule has 3 aromatic carbocycles. The molecule has 0 radical (unpaired) electrons. The molecule has 0 bridgehead atoms. The van der Waals surface area contributed by atoms with Gasteiger partial charge >= 0.3 is 5.97 Å². The van der Waals surface area contributed by atoms with E-state index in [0.717, 1.165) is 16.5 Å². The third-order valence-corrected chi connectivity index (χ3v) is 6.75. The van der Waals surface area contributed by atoms with Crippen molar-refractivity contribution in [3.05, 3.63) is 95.1 Å². The minimum Gasteiger partial charge on any atom is -0.481 e. The van der Waals surface area contributed by atoms with Crippen molar-refractivity contribution in [1.82, 2.24) is 9.71 Å². The number of nitrogens with one attached hydrogen (secondary N) is 2. The number of para-hydroxylation sites is 1. The normalized spacial score (nSPS) is 11.8. The van der Waals surface area contributed by atoms with Crippen LogP contribution in [-0.4, -0.2) is 24.5 Å². The number of carbonyl (C=O) groups is 1. The smallest absolute Gasteiger partial charge is 0.307 e. The van der Waals surface area contributed by atoms with E-state index in [-0.39, 0.29) is 16.3 Å². The molecular weight excluding hydrogens is 448 g/mol. The predicted molar refractivity (Wildman–Crippen MR) is 126 cm³/mol. The Hall–Kier alpha value is -3.55. The molecule has 0 atom stereocenters. The number of halogens is 1. The predicted octanol–water partition coefficient (Wildman–Crippen LogP) is 5.06. The fourth-order valence-corrected chi connectivity index (χ4v) is 4.90. The van der Waals surface area contributed by atoms with Gasteiger partial charge in [-0.15, -0.1) is 0 Å². The zero-order chi connectivity index (χ0) is 22.7. The number of carboxylic acids is 1. The van der Waals surface area contributed by atoms with E-state index >= 15 is 0 Å². The molecule has 4 aromatic rings. The zero-order valence-electron chi connectivity index (χ0n) is 16.7. The lowest BCUT2D eigenvalue weighted by molar-refractivity contribution is -0.136. The molecule has 3 N–H and O–H groups in total. The molecule has 0 aliphatic heterocycles. The van der Waals surface area contributed by atoms with Crippen molar-refractivity contribution in [3.63, 3.8) is 0 Å². The number of hydrogen-bond donors (Lipinski definition) is 3. The van der Waals surface area contributed by atoms with Crippen molar-refractivity contribution in [2.24, 2.45) is 0 Å². The van der Waals surface area contributed by atoms with E-state index < -0.39 is 16.0 Å². The lowest BCUT2D eigenvalue weighted by Crippen LogP contribution is -2.18. The summed E-state index contributed by atoms with van der Waals surface area (Å²) in [6.07, 6.45) is 2.77. The number of aromatic amines is 1. The number of benzene rings is 3. The Morgan fingerprint density at radius 1 is 1.03 bits per heavy atom. The monoisotopic (exact) mass is 466 g/mol. The molecule has 6 nitrogen and oxygen atoms in total. The fraction of sp³-hybridized carbons (Fsp3) is 0.0417. The summed E-state index contributed by atoms with van der Waals surface area (Å²) in [5.74, 6) is -0.981. The quantitative estimate of drug-likeness (QED) is 0.354. The van der Waals surface area contributed by atoms with Gasteiger partial charge in [0.15, 0.2) is 0 Å². The van der Waals surface area contributed by atoms with E-state index in [9.17, 15) is 18.3 Å². The Balaban J connectivity index is 1.73. The minimum absolute atomic E-state index is 0.0604. The number of H-pyrrole nitrogens is 1. The van der Waals surface area contributed by atoms with Crippen molar-refractivity contribution in [1.29, 1.82) is 0 Å². The van der Waals surface area contributed by atoms with Gasteiger partial charge in [-0.3, -0.25) is 9.52 Å². The van der Waals surface area contributed by atoms with E-state index in [1.807, 2.05) is 54.6 Å². The number of fused-ring (bicyclic) bond motifs is 1. The molecule has 0 aliphatic carbocycles.